The van der Waals surface area contributed by atoms with Crippen molar-refractivity contribution in [1.29, 1.82) is 0 Å². The molecule has 1 fully saturated rings. The number of aromatic amines is 1. The molecule has 1 saturated carbocycles. The third-order valence-corrected chi connectivity index (χ3v) is 4.68. The van der Waals surface area contributed by atoms with E-state index in [2.05, 4.69) is 27.4 Å². The lowest BCUT2D eigenvalue weighted by atomic mass is 10.2. The Morgan fingerprint density at radius 2 is 2.09 bits per heavy atom. The zero-order valence-electron chi connectivity index (χ0n) is 11.8. The van der Waals surface area contributed by atoms with Crippen LogP contribution < -0.4 is 5.69 Å². The maximum Gasteiger partial charge on any atom is 0.344 e. The van der Waals surface area contributed by atoms with Crippen LogP contribution in [0.5, 0.6) is 0 Å². The predicted molar refractivity (Wildman–Crippen MR) is 84.2 cm³/mol. The Hall–Kier alpha value is -2.28. The fourth-order valence-corrected chi connectivity index (χ4v) is 3.33. The summed E-state index contributed by atoms with van der Waals surface area (Å²) >= 11 is 1.59. The molecule has 0 saturated heterocycles. The average Bonchev–Trinajstić information content (AvgIpc) is 3.09. The monoisotopic (exact) mass is 313 g/mol. The number of thioether (sulfide) groups is 1. The second-order valence-corrected chi connectivity index (χ2v) is 6.26. The summed E-state index contributed by atoms with van der Waals surface area (Å²) < 4.78 is 3.61. The van der Waals surface area contributed by atoms with Crippen LogP contribution in [0.25, 0.3) is 5.69 Å². The van der Waals surface area contributed by atoms with Gasteiger partial charge in [0.05, 0.1) is 5.69 Å². The van der Waals surface area contributed by atoms with E-state index in [1.165, 1.54) is 5.56 Å². The Kier molecular flexibility index (Phi) is 3.34. The molecule has 0 unspecified atom stereocenters. The third kappa shape index (κ3) is 2.59. The molecule has 0 atom stereocenters. The van der Waals surface area contributed by atoms with E-state index in [-0.39, 0.29) is 5.69 Å². The van der Waals surface area contributed by atoms with Crippen LogP contribution in [-0.2, 0) is 5.75 Å². The predicted octanol–water partition coefficient (Wildman–Crippen LogP) is 2.38. The average molecular weight is 313 g/mol. The Morgan fingerprint density at radius 3 is 2.77 bits per heavy atom. The van der Waals surface area contributed by atoms with Crippen LogP contribution in [-0.4, -0.2) is 24.5 Å². The summed E-state index contributed by atoms with van der Waals surface area (Å²) in [5.74, 6) is 0.788. The van der Waals surface area contributed by atoms with Crippen LogP contribution in [0.15, 0.2) is 52.7 Å². The molecule has 1 N–H and O–H groups in total. The molecule has 2 aromatic heterocycles. The van der Waals surface area contributed by atoms with Crippen molar-refractivity contribution >= 4 is 11.8 Å². The fourth-order valence-electron chi connectivity index (χ4n) is 2.36. The van der Waals surface area contributed by atoms with Crippen molar-refractivity contribution in [1.82, 2.24) is 24.5 Å². The van der Waals surface area contributed by atoms with Crippen molar-refractivity contribution in [3.8, 4) is 5.69 Å². The molecule has 0 radical (unpaired) electrons. The summed E-state index contributed by atoms with van der Waals surface area (Å²) in [6, 6.07) is 10.5. The smallest absolute Gasteiger partial charge is 0.267 e. The van der Waals surface area contributed by atoms with Crippen molar-refractivity contribution in [2.45, 2.75) is 29.8 Å². The van der Waals surface area contributed by atoms with Gasteiger partial charge in [0.15, 0.2) is 5.16 Å². The summed E-state index contributed by atoms with van der Waals surface area (Å²) in [7, 11) is 0. The number of aromatic nitrogens is 5. The zero-order valence-corrected chi connectivity index (χ0v) is 12.7. The molecular weight excluding hydrogens is 298 g/mol. The van der Waals surface area contributed by atoms with Gasteiger partial charge in [-0.15, -0.1) is 5.10 Å². The molecule has 2 heterocycles. The molecular formula is C15H15N5OS. The maximum atomic E-state index is 11.7. The minimum atomic E-state index is -0.0981. The van der Waals surface area contributed by atoms with E-state index >= 15 is 0 Å². The Bertz CT molecular complexity index is 814. The maximum absolute atomic E-state index is 11.7. The highest BCUT2D eigenvalue weighted by molar-refractivity contribution is 7.98. The molecule has 0 amide bonds. The summed E-state index contributed by atoms with van der Waals surface area (Å²) in [6.45, 7) is 0. The number of hydrogen-bond acceptors (Lipinski definition) is 4. The van der Waals surface area contributed by atoms with Gasteiger partial charge in [0.25, 0.3) is 0 Å². The number of nitrogens with zero attached hydrogens (tertiary/aromatic N) is 4. The number of benzene rings is 1. The van der Waals surface area contributed by atoms with Crippen LogP contribution in [0.4, 0.5) is 0 Å². The number of H-pyrrole nitrogens is 1. The first-order chi connectivity index (χ1) is 10.8. The fraction of sp³-hybridized carbons (Fsp3) is 0.267. The zero-order chi connectivity index (χ0) is 14.9. The van der Waals surface area contributed by atoms with Crippen molar-refractivity contribution in [3.05, 3.63) is 58.8 Å². The van der Waals surface area contributed by atoms with Gasteiger partial charge < -0.3 is 0 Å². The lowest BCUT2D eigenvalue weighted by molar-refractivity contribution is 0.642. The largest absolute Gasteiger partial charge is 0.344 e. The van der Waals surface area contributed by atoms with Crippen LogP contribution in [0.1, 0.15) is 24.4 Å². The standard InChI is InChI=1S/C15H15N5OS/c21-14-17-18-15(20(14)13-6-7-13)22-10-11-2-4-12(5-3-11)19-9-1-8-16-19/h1-5,8-9,13H,6-7,10H2,(H,17,21). The molecule has 3 aromatic rings. The Morgan fingerprint density at radius 1 is 1.27 bits per heavy atom. The van der Waals surface area contributed by atoms with E-state index < -0.39 is 0 Å². The van der Waals surface area contributed by atoms with Gasteiger partial charge >= 0.3 is 5.69 Å². The summed E-state index contributed by atoms with van der Waals surface area (Å²) in [6.07, 6.45) is 5.83. The number of nitrogens with one attached hydrogen (secondary N) is 1. The quantitative estimate of drug-likeness (QED) is 0.734. The Labute approximate surface area is 131 Å². The van der Waals surface area contributed by atoms with E-state index in [4.69, 9.17) is 0 Å². The highest BCUT2D eigenvalue weighted by Gasteiger charge is 2.28. The summed E-state index contributed by atoms with van der Waals surface area (Å²) in [5, 5.41) is 11.7. The molecule has 0 bridgehead atoms. The third-order valence-electron chi connectivity index (χ3n) is 3.66. The molecule has 7 heteroatoms. The highest BCUT2D eigenvalue weighted by Crippen LogP contribution is 2.36. The minimum absolute atomic E-state index is 0.0981. The second kappa shape index (κ2) is 5.49. The first kappa shape index (κ1) is 13.4. The second-order valence-electron chi connectivity index (χ2n) is 5.32. The number of hydrogen-bond donors (Lipinski definition) is 1. The molecule has 1 aliphatic carbocycles. The van der Waals surface area contributed by atoms with E-state index in [0.29, 0.717) is 6.04 Å². The highest BCUT2D eigenvalue weighted by atomic mass is 32.2. The van der Waals surface area contributed by atoms with E-state index in [0.717, 1.165) is 29.4 Å². The van der Waals surface area contributed by atoms with Gasteiger partial charge in [-0.1, -0.05) is 23.9 Å². The van der Waals surface area contributed by atoms with Gasteiger partial charge in [-0.3, -0.25) is 4.57 Å². The topological polar surface area (TPSA) is 68.5 Å². The van der Waals surface area contributed by atoms with Gasteiger partial charge in [0.2, 0.25) is 0 Å². The van der Waals surface area contributed by atoms with Crippen molar-refractivity contribution in [2.24, 2.45) is 0 Å². The van der Waals surface area contributed by atoms with Gasteiger partial charge in [-0.2, -0.15) is 5.10 Å². The molecule has 0 spiro atoms. The first-order valence-electron chi connectivity index (χ1n) is 7.20. The van der Waals surface area contributed by atoms with E-state index in [9.17, 15) is 4.79 Å². The van der Waals surface area contributed by atoms with Crippen LogP contribution in [0.2, 0.25) is 0 Å². The summed E-state index contributed by atoms with van der Waals surface area (Å²) in [4.78, 5) is 11.7. The molecule has 4 rings (SSSR count). The van der Waals surface area contributed by atoms with E-state index in [1.807, 2.05) is 29.1 Å². The van der Waals surface area contributed by atoms with Crippen LogP contribution >= 0.6 is 11.8 Å². The van der Waals surface area contributed by atoms with Gasteiger partial charge in [-0.05, 0) is 36.6 Å². The van der Waals surface area contributed by atoms with Crippen LogP contribution in [0, 0.1) is 0 Å². The minimum Gasteiger partial charge on any atom is -0.267 e. The molecule has 1 aromatic carbocycles. The van der Waals surface area contributed by atoms with Crippen molar-refractivity contribution in [3.63, 3.8) is 0 Å². The molecule has 6 nitrogen and oxygen atoms in total. The first-order valence-corrected chi connectivity index (χ1v) is 8.18. The molecule has 0 aliphatic heterocycles. The molecule has 22 heavy (non-hydrogen) atoms. The van der Waals surface area contributed by atoms with Gasteiger partial charge in [-0.25, -0.2) is 14.6 Å². The lowest BCUT2D eigenvalue weighted by Gasteiger charge is -2.05. The van der Waals surface area contributed by atoms with E-state index in [1.54, 1.807) is 22.5 Å². The summed E-state index contributed by atoms with van der Waals surface area (Å²) in [5.41, 5.74) is 2.13. The van der Waals surface area contributed by atoms with Crippen molar-refractivity contribution in [2.75, 3.05) is 0 Å². The Balaban J connectivity index is 1.47. The lowest BCUT2D eigenvalue weighted by Crippen LogP contribution is -2.16. The van der Waals surface area contributed by atoms with Gasteiger partial charge in [0, 0.05) is 24.2 Å². The number of rotatable bonds is 5. The van der Waals surface area contributed by atoms with Crippen LogP contribution in [0.3, 0.4) is 0 Å². The molecule has 112 valence electrons. The van der Waals surface area contributed by atoms with Crippen molar-refractivity contribution < 1.29 is 0 Å². The normalized spacial score (nSPS) is 14.4. The van der Waals surface area contributed by atoms with Gasteiger partial charge in [0.1, 0.15) is 0 Å². The SMILES string of the molecule is O=c1[nH]nc(SCc2ccc(-n3cccn3)cc2)n1C1CC1. The molecule has 1 aliphatic rings.